The highest BCUT2D eigenvalue weighted by molar-refractivity contribution is 6.72. The van der Waals surface area contributed by atoms with Gasteiger partial charge in [-0.3, -0.25) is 19.0 Å². The number of halogens is 1. The third kappa shape index (κ3) is 6.34. The summed E-state index contributed by atoms with van der Waals surface area (Å²) in [6, 6.07) is 27.7. The number of para-hydroxylation sites is 1. The fourth-order valence-corrected chi connectivity index (χ4v) is 10.1. The molecule has 4 atom stereocenters. The first-order valence-electron chi connectivity index (χ1n) is 16.5. The first kappa shape index (κ1) is 34.3. The number of anilines is 1. The smallest absolute Gasteiger partial charge is 0.297 e. The Bertz CT molecular complexity index is 1880. The maximum absolute atomic E-state index is 16.3. The molecule has 0 saturated carbocycles. The molecule has 1 spiro atoms. The summed E-state index contributed by atoms with van der Waals surface area (Å²) in [5, 5.41) is 9.77. The molecule has 256 valence electrons. The molecule has 0 unspecified atom stereocenters. The zero-order valence-corrected chi connectivity index (χ0v) is 29.2. The average molecular weight is 684 g/mol. The molecule has 2 aliphatic rings. The first-order chi connectivity index (χ1) is 23.5. The van der Waals surface area contributed by atoms with Crippen molar-refractivity contribution in [3.8, 4) is 11.4 Å². The van der Waals surface area contributed by atoms with Gasteiger partial charge in [0.1, 0.15) is 0 Å². The number of aliphatic hydroxyl groups is 1. The zero-order valence-electron chi connectivity index (χ0n) is 28.2. The van der Waals surface area contributed by atoms with E-state index >= 15 is 4.11 Å². The SMILES string of the molecule is COc1cccn(-c2ccc(CN3C(=O)[C@@]4(O[C@@H](CC(=O)N(CCO)Cc5ccccc5)[C@H]([Si](C)(C)F)[C@H]4C)c4ccccc43)cc2)c1=O. The highest BCUT2D eigenvalue weighted by atomic mass is 28.4. The number of ether oxygens (including phenoxy) is 2. The molecule has 2 amide bonds. The van der Waals surface area contributed by atoms with Gasteiger partial charge < -0.3 is 28.5 Å². The monoisotopic (exact) mass is 683 g/mol. The number of amides is 2. The van der Waals surface area contributed by atoms with Gasteiger partial charge in [-0.15, -0.1) is 0 Å². The second-order valence-electron chi connectivity index (χ2n) is 13.3. The van der Waals surface area contributed by atoms with E-state index in [1.54, 1.807) is 41.2 Å². The molecule has 1 saturated heterocycles. The van der Waals surface area contributed by atoms with E-state index in [4.69, 9.17) is 9.47 Å². The maximum Gasteiger partial charge on any atom is 0.297 e. The molecular weight excluding hydrogens is 642 g/mol. The summed E-state index contributed by atoms with van der Waals surface area (Å²) in [5.41, 5.74) is 1.37. The van der Waals surface area contributed by atoms with E-state index in [-0.39, 0.29) is 49.2 Å². The lowest BCUT2D eigenvalue weighted by molar-refractivity contribution is -0.150. The number of aliphatic hydroxyl groups excluding tert-OH is 1. The number of hydrogen-bond donors (Lipinski definition) is 1. The average Bonchev–Trinajstić information content (AvgIpc) is 3.51. The van der Waals surface area contributed by atoms with Gasteiger partial charge in [-0.05, 0) is 54.6 Å². The summed E-state index contributed by atoms with van der Waals surface area (Å²) in [7, 11) is -2.04. The third-order valence-corrected chi connectivity index (χ3v) is 12.3. The Labute approximate surface area is 286 Å². The number of aromatic nitrogens is 1. The Kier molecular flexibility index (Phi) is 9.61. The summed E-state index contributed by atoms with van der Waals surface area (Å²) in [6.07, 6.45) is 0.731. The van der Waals surface area contributed by atoms with Crippen molar-refractivity contribution < 1.29 is 28.3 Å². The normalized spacial score (nSPS) is 21.6. The molecule has 9 nitrogen and oxygen atoms in total. The minimum absolute atomic E-state index is 0.107. The van der Waals surface area contributed by atoms with Crippen molar-refractivity contribution in [2.24, 2.45) is 5.92 Å². The summed E-state index contributed by atoms with van der Waals surface area (Å²) in [6.45, 7) is 5.54. The van der Waals surface area contributed by atoms with Crippen LogP contribution >= 0.6 is 0 Å². The Morgan fingerprint density at radius 1 is 0.980 bits per heavy atom. The van der Waals surface area contributed by atoms with Crippen molar-refractivity contribution in [1.29, 1.82) is 0 Å². The molecule has 1 aromatic heterocycles. The van der Waals surface area contributed by atoms with Crippen LogP contribution in [0.15, 0.2) is 102 Å². The molecule has 2 aliphatic heterocycles. The fourth-order valence-electron chi connectivity index (χ4n) is 7.65. The fraction of sp³-hybridized carbons (Fsp3) is 0.342. The summed E-state index contributed by atoms with van der Waals surface area (Å²) < 4.78 is 29.8. The Balaban J connectivity index is 1.29. The minimum atomic E-state index is -3.49. The van der Waals surface area contributed by atoms with Crippen LogP contribution in [-0.4, -0.2) is 61.2 Å². The molecule has 0 radical (unpaired) electrons. The molecule has 1 fully saturated rings. The number of methoxy groups -OCH3 is 1. The number of pyridine rings is 1. The number of hydrogen-bond acceptors (Lipinski definition) is 6. The van der Waals surface area contributed by atoms with Gasteiger partial charge in [-0.1, -0.05) is 67.6 Å². The van der Waals surface area contributed by atoms with Crippen molar-refractivity contribution in [1.82, 2.24) is 9.47 Å². The van der Waals surface area contributed by atoms with E-state index in [0.29, 0.717) is 23.5 Å². The number of carbonyl (C=O) groups excluding carboxylic acids is 2. The van der Waals surface area contributed by atoms with Crippen LogP contribution in [0.25, 0.3) is 5.69 Å². The minimum Gasteiger partial charge on any atom is -0.491 e. The molecule has 6 rings (SSSR count). The summed E-state index contributed by atoms with van der Waals surface area (Å²) in [5.74, 6) is -0.861. The van der Waals surface area contributed by atoms with Crippen LogP contribution < -0.4 is 15.2 Å². The number of carbonyl (C=O) groups is 2. The van der Waals surface area contributed by atoms with Gasteiger partial charge in [-0.25, -0.2) is 0 Å². The molecular formula is C38H42FN3O6Si. The molecule has 1 N–H and O–H groups in total. The van der Waals surface area contributed by atoms with E-state index in [1.807, 2.05) is 85.8 Å². The van der Waals surface area contributed by atoms with Crippen LogP contribution in [0.3, 0.4) is 0 Å². The van der Waals surface area contributed by atoms with E-state index in [2.05, 4.69) is 0 Å². The van der Waals surface area contributed by atoms with Crippen LogP contribution in [0, 0.1) is 5.92 Å². The molecule has 3 heterocycles. The Morgan fingerprint density at radius 2 is 1.67 bits per heavy atom. The van der Waals surface area contributed by atoms with Crippen molar-refractivity contribution in [2.45, 2.75) is 56.8 Å². The lowest BCUT2D eigenvalue weighted by atomic mass is 9.82. The standard InChI is InChI=1S/C38H42FN3O6Si/c1-26-35(49(3,4)39)33(23-34(44)40(21-22-43)24-27-11-6-5-7-12-27)48-38(26)30-13-8-9-14-31(30)42(37(38)46)25-28-16-18-29(19-17-28)41-20-10-15-32(47-2)36(41)45/h5-20,26,33,35,43H,21-25H2,1-4H3/t26-,33+,35-,38+/m1/s1. The van der Waals surface area contributed by atoms with Crippen molar-refractivity contribution >= 4 is 25.9 Å². The van der Waals surface area contributed by atoms with Crippen LogP contribution in [0.5, 0.6) is 5.75 Å². The van der Waals surface area contributed by atoms with Crippen LogP contribution in [0.1, 0.15) is 30.0 Å². The number of rotatable bonds is 11. The number of nitrogens with zero attached hydrogens (tertiary/aromatic N) is 3. The van der Waals surface area contributed by atoms with Crippen molar-refractivity contribution in [3.05, 3.63) is 124 Å². The number of fused-ring (bicyclic) bond motifs is 2. The van der Waals surface area contributed by atoms with Gasteiger partial charge in [0.05, 0.1) is 38.5 Å². The second kappa shape index (κ2) is 13.7. The van der Waals surface area contributed by atoms with E-state index in [9.17, 15) is 19.5 Å². The quantitative estimate of drug-likeness (QED) is 0.164. The zero-order chi connectivity index (χ0) is 34.9. The van der Waals surface area contributed by atoms with Crippen LogP contribution in [-0.2, 0) is 33.0 Å². The lowest BCUT2D eigenvalue weighted by Gasteiger charge is -2.31. The van der Waals surface area contributed by atoms with Gasteiger partial charge in [0.15, 0.2) is 11.4 Å². The summed E-state index contributed by atoms with van der Waals surface area (Å²) in [4.78, 5) is 44.5. The topological polar surface area (TPSA) is 101 Å². The maximum atomic E-state index is 16.3. The van der Waals surface area contributed by atoms with Gasteiger partial charge in [0.25, 0.3) is 11.5 Å². The summed E-state index contributed by atoms with van der Waals surface area (Å²) >= 11 is 0. The Morgan fingerprint density at radius 3 is 2.35 bits per heavy atom. The second-order valence-corrected chi connectivity index (χ2v) is 17.1. The van der Waals surface area contributed by atoms with E-state index < -0.39 is 31.6 Å². The van der Waals surface area contributed by atoms with Gasteiger partial charge >= 0.3 is 0 Å². The largest absolute Gasteiger partial charge is 0.491 e. The highest BCUT2D eigenvalue weighted by Gasteiger charge is 2.66. The molecule has 11 heteroatoms. The number of benzene rings is 3. The van der Waals surface area contributed by atoms with Crippen LogP contribution in [0.4, 0.5) is 9.80 Å². The molecule has 0 bridgehead atoms. The van der Waals surface area contributed by atoms with Gasteiger partial charge in [-0.2, -0.15) is 0 Å². The molecule has 4 aromatic rings. The lowest BCUT2D eigenvalue weighted by Crippen LogP contribution is -2.45. The predicted molar refractivity (Wildman–Crippen MR) is 188 cm³/mol. The van der Waals surface area contributed by atoms with Gasteiger partial charge in [0, 0.05) is 42.0 Å². The van der Waals surface area contributed by atoms with Crippen LogP contribution in [0.2, 0.25) is 18.6 Å². The highest BCUT2D eigenvalue weighted by Crippen LogP contribution is 2.60. The van der Waals surface area contributed by atoms with E-state index in [1.165, 1.54) is 11.7 Å². The molecule has 3 aromatic carbocycles. The van der Waals surface area contributed by atoms with E-state index in [0.717, 1.165) is 11.1 Å². The van der Waals surface area contributed by atoms with Gasteiger partial charge in [0.2, 0.25) is 14.3 Å². The third-order valence-electron chi connectivity index (χ3n) is 9.87. The molecule has 49 heavy (non-hydrogen) atoms. The Hall–Kier alpha value is -4.58. The molecule has 0 aliphatic carbocycles. The van der Waals surface area contributed by atoms with Crippen molar-refractivity contribution in [2.75, 3.05) is 25.2 Å². The van der Waals surface area contributed by atoms with Crippen molar-refractivity contribution in [3.63, 3.8) is 0 Å². The predicted octanol–water partition coefficient (Wildman–Crippen LogP) is 5.58. The first-order valence-corrected chi connectivity index (χ1v) is 19.5.